The lowest BCUT2D eigenvalue weighted by Crippen LogP contribution is -2.30. The van der Waals surface area contributed by atoms with Crippen LogP contribution in [0.15, 0.2) is 22.7 Å². The van der Waals surface area contributed by atoms with Crippen LogP contribution in [0.4, 0.5) is 8.78 Å². The van der Waals surface area contributed by atoms with Gasteiger partial charge in [0.2, 0.25) is 0 Å². The highest BCUT2D eigenvalue weighted by Crippen LogP contribution is 2.45. The highest BCUT2D eigenvalue weighted by Gasteiger charge is 2.46. The molecule has 2 atom stereocenters. The van der Waals surface area contributed by atoms with Crippen LogP contribution in [-0.4, -0.2) is 23.9 Å². The van der Waals surface area contributed by atoms with Crippen molar-refractivity contribution >= 4 is 21.8 Å². The normalized spacial score (nSPS) is 25.4. The van der Waals surface area contributed by atoms with Crippen molar-refractivity contribution in [1.82, 2.24) is 4.90 Å². The van der Waals surface area contributed by atoms with E-state index in [4.69, 9.17) is 0 Å². The summed E-state index contributed by atoms with van der Waals surface area (Å²) in [4.78, 5) is 13.9. The molecule has 1 aromatic rings. The summed E-state index contributed by atoms with van der Waals surface area (Å²) >= 11 is 3.08. The van der Waals surface area contributed by atoms with Crippen LogP contribution in [0.25, 0.3) is 0 Å². The van der Waals surface area contributed by atoms with Crippen LogP contribution < -0.4 is 0 Å². The number of carbonyl (C=O) groups excluding carboxylic acids is 1. The molecule has 1 aliphatic carbocycles. The third-order valence-electron chi connectivity index (χ3n) is 3.74. The van der Waals surface area contributed by atoms with Gasteiger partial charge in [0.1, 0.15) is 0 Å². The predicted molar refractivity (Wildman–Crippen MR) is 66.6 cm³/mol. The summed E-state index contributed by atoms with van der Waals surface area (Å²) in [5.41, 5.74) is 0.236. The molecule has 1 saturated carbocycles. The SMILES string of the molecule is O=C(c1ccc(Br)c(C(F)F)c1)N1CC2CC2C1. The number of carbonyl (C=O) groups is 1. The van der Waals surface area contributed by atoms with Gasteiger partial charge in [-0.1, -0.05) is 15.9 Å². The van der Waals surface area contributed by atoms with Gasteiger partial charge >= 0.3 is 0 Å². The van der Waals surface area contributed by atoms with Gasteiger partial charge in [0, 0.05) is 28.7 Å². The number of rotatable bonds is 2. The minimum Gasteiger partial charge on any atom is -0.338 e. The lowest BCUT2D eigenvalue weighted by Gasteiger charge is -2.18. The summed E-state index contributed by atoms with van der Waals surface area (Å²) in [6, 6.07) is 4.41. The largest absolute Gasteiger partial charge is 0.338 e. The summed E-state index contributed by atoms with van der Waals surface area (Å²) in [7, 11) is 0. The Morgan fingerprint density at radius 2 is 2.00 bits per heavy atom. The fraction of sp³-hybridized carbons (Fsp3) is 0.462. The summed E-state index contributed by atoms with van der Waals surface area (Å²) in [5.74, 6) is 1.18. The average Bonchev–Trinajstić information content (AvgIpc) is 2.95. The number of alkyl halides is 2. The quantitative estimate of drug-likeness (QED) is 0.818. The lowest BCUT2D eigenvalue weighted by molar-refractivity contribution is 0.0775. The Morgan fingerprint density at radius 1 is 1.33 bits per heavy atom. The van der Waals surface area contributed by atoms with Crippen molar-refractivity contribution in [1.29, 1.82) is 0 Å². The van der Waals surface area contributed by atoms with Crippen LogP contribution in [0, 0.1) is 11.8 Å². The van der Waals surface area contributed by atoms with Gasteiger partial charge in [-0.2, -0.15) is 0 Å². The van der Waals surface area contributed by atoms with Gasteiger partial charge in [-0.15, -0.1) is 0 Å². The zero-order valence-electron chi connectivity index (χ0n) is 9.57. The highest BCUT2D eigenvalue weighted by molar-refractivity contribution is 9.10. The van der Waals surface area contributed by atoms with Gasteiger partial charge < -0.3 is 4.90 Å². The maximum Gasteiger partial charge on any atom is 0.264 e. The van der Waals surface area contributed by atoms with Gasteiger partial charge in [-0.05, 0) is 36.5 Å². The first kappa shape index (κ1) is 12.1. The molecule has 2 nitrogen and oxygen atoms in total. The Kier molecular flexibility index (Phi) is 2.88. The number of hydrogen-bond donors (Lipinski definition) is 0. The first-order valence-electron chi connectivity index (χ1n) is 5.93. The van der Waals surface area contributed by atoms with Crippen LogP contribution in [0.5, 0.6) is 0 Å². The minimum absolute atomic E-state index is 0.120. The van der Waals surface area contributed by atoms with E-state index in [1.54, 1.807) is 11.0 Å². The van der Waals surface area contributed by atoms with Crippen molar-refractivity contribution in [3.8, 4) is 0 Å². The first-order chi connectivity index (χ1) is 8.56. The van der Waals surface area contributed by atoms with Crippen LogP contribution in [-0.2, 0) is 0 Å². The number of fused-ring (bicyclic) bond motifs is 1. The van der Waals surface area contributed by atoms with Crippen LogP contribution in [0.2, 0.25) is 0 Å². The number of amides is 1. The van der Waals surface area contributed by atoms with Gasteiger partial charge in [-0.25, -0.2) is 8.78 Å². The Morgan fingerprint density at radius 3 is 2.61 bits per heavy atom. The van der Waals surface area contributed by atoms with Crippen molar-refractivity contribution in [2.75, 3.05) is 13.1 Å². The van der Waals surface area contributed by atoms with E-state index in [2.05, 4.69) is 15.9 Å². The summed E-state index contributed by atoms with van der Waals surface area (Å²) in [6.45, 7) is 1.56. The number of benzene rings is 1. The second-order valence-corrected chi connectivity index (χ2v) is 5.86. The van der Waals surface area contributed by atoms with Gasteiger partial charge in [0.05, 0.1) is 0 Å². The molecule has 2 fully saturated rings. The number of likely N-dealkylation sites (tertiary alicyclic amines) is 1. The zero-order chi connectivity index (χ0) is 12.9. The molecule has 1 heterocycles. The zero-order valence-corrected chi connectivity index (χ0v) is 11.2. The standard InChI is InChI=1S/C13H12BrF2NO/c14-11-2-1-7(4-10(11)12(15)16)13(18)17-5-8-3-9(8)6-17/h1-2,4,8-9,12H,3,5-6H2. The highest BCUT2D eigenvalue weighted by atomic mass is 79.9. The molecule has 2 aliphatic rings. The fourth-order valence-electron chi connectivity index (χ4n) is 2.59. The third-order valence-corrected chi connectivity index (χ3v) is 4.47. The van der Waals surface area contributed by atoms with E-state index < -0.39 is 6.43 Å². The van der Waals surface area contributed by atoms with Crippen molar-refractivity contribution in [2.24, 2.45) is 11.8 Å². The average molecular weight is 316 g/mol. The third kappa shape index (κ3) is 2.05. The van der Waals surface area contributed by atoms with Crippen LogP contribution >= 0.6 is 15.9 Å². The molecule has 0 radical (unpaired) electrons. The van der Waals surface area contributed by atoms with Crippen molar-refractivity contribution in [2.45, 2.75) is 12.8 Å². The minimum atomic E-state index is -2.57. The predicted octanol–water partition coefficient (Wildman–Crippen LogP) is 3.48. The van der Waals surface area contributed by atoms with Crippen LogP contribution in [0.3, 0.4) is 0 Å². The molecule has 1 amide bonds. The molecule has 1 saturated heterocycles. The number of piperidine rings is 1. The molecule has 0 N–H and O–H groups in total. The monoisotopic (exact) mass is 315 g/mol. The summed E-state index contributed by atoms with van der Waals surface area (Å²) in [6.07, 6.45) is -1.36. The van der Waals surface area contributed by atoms with E-state index in [-0.39, 0.29) is 11.5 Å². The Hall–Kier alpha value is -0.970. The van der Waals surface area contributed by atoms with E-state index in [0.29, 0.717) is 21.9 Å². The van der Waals surface area contributed by atoms with Crippen molar-refractivity contribution in [3.05, 3.63) is 33.8 Å². The molecule has 5 heteroatoms. The van der Waals surface area contributed by atoms with Crippen molar-refractivity contribution < 1.29 is 13.6 Å². The lowest BCUT2D eigenvalue weighted by atomic mass is 10.1. The smallest absolute Gasteiger partial charge is 0.264 e. The molecule has 0 aromatic heterocycles. The van der Waals surface area contributed by atoms with E-state index in [0.717, 1.165) is 13.1 Å². The van der Waals surface area contributed by atoms with Crippen molar-refractivity contribution in [3.63, 3.8) is 0 Å². The molecular formula is C13H12BrF2NO. The topological polar surface area (TPSA) is 20.3 Å². The Balaban J connectivity index is 1.83. The molecule has 96 valence electrons. The number of halogens is 3. The van der Waals surface area contributed by atoms with E-state index >= 15 is 0 Å². The Bertz CT molecular complexity index is 496. The summed E-state index contributed by atoms with van der Waals surface area (Å²) in [5, 5.41) is 0. The molecule has 1 aliphatic heterocycles. The molecule has 0 spiro atoms. The molecule has 0 bridgehead atoms. The number of hydrogen-bond acceptors (Lipinski definition) is 1. The molecule has 18 heavy (non-hydrogen) atoms. The van der Waals surface area contributed by atoms with Gasteiger partial charge in [0.25, 0.3) is 12.3 Å². The number of nitrogens with zero attached hydrogens (tertiary/aromatic N) is 1. The molecular weight excluding hydrogens is 304 g/mol. The van der Waals surface area contributed by atoms with Crippen LogP contribution in [0.1, 0.15) is 28.8 Å². The summed E-state index contributed by atoms with van der Waals surface area (Å²) < 4.78 is 25.9. The first-order valence-corrected chi connectivity index (χ1v) is 6.72. The fourth-order valence-corrected chi connectivity index (χ4v) is 3.01. The van der Waals surface area contributed by atoms with E-state index in [1.165, 1.54) is 18.6 Å². The van der Waals surface area contributed by atoms with E-state index in [1.807, 2.05) is 0 Å². The molecule has 3 rings (SSSR count). The second kappa shape index (κ2) is 4.30. The Labute approximate surface area is 112 Å². The maximum absolute atomic E-state index is 12.8. The second-order valence-electron chi connectivity index (χ2n) is 5.00. The molecule has 2 unspecified atom stereocenters. The van der Waals surface area contributed by atoms with Gasteiger partial charge in [-0.3, -0.25) is 4.79 Å². The maximum atomic E-state index is 12.8. The van der Waals surface area contributed by atoms with E-state index in [9.17, 15) is 13.6 Å². The molecule has 1 aromatic carbocycles. The van der Waals surface area contributed by atoms with Gasteiger partial charge in [0.15, 0.2) is 0 Å².